The monoisotopic (exact) mass is 412 g/mol. The smallest absolute Gasteiger partial charge is 0.175 e. The van der Waals surface area contributed by atoms with Crippen LogP contribution in [0.25, 0.3) is 28.2 Å². The van der Waals surface area contributed by atoms with Gasteiger partial charge in [0.2, 0.25) is 0 Å². The summed E-state index contributed by atoms with van der Waals surface area (Å²) in [6.07, 6.45) is 5.10. The third-order valence-electron chi connectivity index (χ3n) is 4.51. The molecule has 0 N–H and O–H groups in total. The van der Waals surface area contributed by atoms with Crippen LogP contribution in [0.4, 0.5) is 4.39 Å². The Labute approximate surface area is 167 Å². The number of pyridine rings is 1. The van der Waals surface area contributed by atoms with Crippen LogP contribution in [-0.2, 0) is 9.84 Å². The van der Waals surface area contributed by atoms with Crippen LogP contribution in [0.1, 0.15) is 0 Å². The van der Waals surface area contributed by atoms with Gasteiger partial charge in [-0.15, -0.1) is 11.8 Å². The molecule has 4 rings (SSSR count). The van der Waals surface area contributed by atoms with Crippen LogP contribution >= 0.6 is 11.8 Å². The molecule has 0 saturated heterocycles. The fourth-order valence-electron chi connectivity index (χ4n) is 3.15. The highest BCUT2D eigenvalue weighted by Gasteiger charge is 2.18. The molecule has 7 heteroatoms. The summed E-state index contributed by atoms with van der Waals surface area (Å²) in [6, 6.07) is 16.9. The number of aromatic nitrogens is 2. The average Bonchev–Trinajstić information content (AvgIpc) is 3.07. The van der Waals surface area contributed by atoms with Crippen molar-refractivity contribution in [3.8, 4) is 22.5 Å². The van der Waals surface area contributed by atoms with Crippen LogP contribution < -0.4 is 0 Å². The number of nitrogens with zero attached hydrogens (tertiary/aromatic N) is 2. The second kappa shape index (κ2) is 7.07. The van der Waals surface area contributed by atoms with Gasteiger partial charge >= 0.3 is 0 Å². The van der Waals surface area contributed by atoms with Crippen LogP contribution in [0, 0.1) is 5.82 Å². The average molecular weight is 413 g/mol. The molecule has 0 spiro atoms. The lowest BCUT2D eigenvalue weighted by Crippen LogP contribution is -1.96. The molecule has 4 nitrogen and oxygen atoms in total. The molecule has 0 bridgehead atoms. The van der Waals surface area contributed by atoms with Crippen LogP contribution in [-0.4, -0.2) is 30.3 Å². The van der Waals surface area contributed by atoms with E-state index >= 15 is 0 Å². The molecule has 0 amide bonds. The van der Waals surface area contributed by atoms with Gasteiger partial charge in [0.25, 0.3) is 0 Å². The highest BCUT2D eigenvalue weighted by Crippen LogP contribution is 2.35. The second-order valence-corrected chi connectivity index (χ2v) is 9.25. The van der Waals surface area contributed by atoms with Gasteiger partial charge in [0.15, 0.2) is 15.5 Å². The summed E-state index contributed by atoms with van der Waals surface area (Å²) in [6.45, 7) is 0. The SMILES string of the molecule is CSc1cccn2c(-c3ccc(F)cc3)c(-c3ccc(S(C)(=O)=O)cc3)nc12. The Bertz CT molecular complexity index is 1260. The minimum absolute atomic E-state index is 0.258. The molecule has 0 radical (unpaired) electrons. The van der Waals surface area contributed by atoms with Crippen LogP contribution in [0.2, 0.25) is 0 Å². The fraction of sp³-hybridized carbons (Fsp3) is 0.0952. The van der Waals surface area contributed by atoms with Gasteiger partial charge in [0.05, 0.1) is 21.2 Å². The summed E-state index contributed by atoms with van der Waals surface area (Å²) < 4.78 is 39.0. The molecule has 2 aromatic heterocycles. The molecule has 2 aromatic carbocycles. The first-order valence-electron chi connectivity index (χ1n) is 8.50. The van der Waals surface area contributed by atoms with Gasteiger partial charge in [-0.05, 0) is 54.8 Å². The molecule has 0 aliphatic heterocycles. The standard InChI is InChI=1S/C21H17FN2O2S2/c1-27-18-4-3-13-24-20(15-5-9-16(22)10-6-15)19(23-21(18)24)14-7-11-17(12-8-14)28(2,25)26/h3-13H,1-2H3. The van der Waals surface area contributed by atoms with Crippen molar-refractivity contribution < 1.29 is 12.8 Å². The van der Waals surface area contributed by atoms with Gasteiger partial charge in [-0.3, -0.25) is 4.40 Å². The molecule has 0 saturated carbocycles. The number of rotatable bonds is 4. The van der Waals surface area contributed by atoms with Crippen molar-refractivity contribution in [1.29, 1.82) is 0 Å². The highest BCUT2D eigenvalue weighted by molar-refractivity contribution is 7.98. The van der Waals surface area contributed by atoms with E-state index in [1.165, 1.54) is 18.4 Å². The maximum Gasteiger partial charge on any atom is 0.175 e. The van der Waals surface area contributed by atoms with E-state index in [-0.39, 0.29) is 10.7 Å². The van der Waals surface area contributed by atoms with Crippen LogP contribution in [0.3, 0.4) is 0 Å². The van der Waals surface area contributed by atoms with Crippen molar-refractivity contribution in [2.75, 3.05) is 12.5 Å². The number of benzene rings is 2. The number of halogens is 1. The van der Waals surface area contributed by atoms with Gasteiger partial charge < -0.3 is 0 Å². The van der Waals surface area contributed by atoms with Gasteiger partial charge in [-0.2, -0.15) is 0 Å². The number of sulfone groups is 1. The summed E-state index contributed by atoms with van der Waals surface area (Å²) >= 11 is 1.60. The molecule has 2 heterocycles. The predicted octanol–water partition coefficient (Wildman–Crippen LogP) is 4.93. The number of imidazole rings is 1. The molecular weight excluding hydrogens is 395 g/mol. The first-order valence-corrected chi connectivity index (χ1v) is 11.6. The molecule has 142 valence electrons. The number of hydrogen-bond acceptors (Lipinski definition) is 4. The minimum atomic E-state index is -3.27. The van der Waals surface area contributed by atoms with E-state index in [0.717, 1.165) is 27.4 Å². The lowest BCUT2D eigenvalue weighted by atomic mass is 10.0. The molecule has 0 fully saturated rings. The topological polar surface area (TPSA) is 51.4 Å². The van der Waals surface area contributed by atoms with Gasteiger partial charge in [0.1, 0.15) is 5.82 Å². The molecular formula is C21H17FN2O2S2. The Morgan fingerprint density at radius 3 is 2.21 bits per heavy atom. The lowest BCUT2D eigenvalue weighted by Gasteiger charge is -2.07. The summed E-state index contributed by atoms with van der Waals surface area (Å²) in [5.74, 6) is -0.304. The van der Waals surface area contributed by atoms with Crippen molar-refractivity contribution in [3.63, 3.8) is 0 Å². The quantitative estimate of drug-likeness (QED) is 0.446. The van der Waals surface area contributed by atoms with Crippen molar-refractivity contribution in [2.24, 2.45) is 0 Å². The Kier molecular flexibility index (Phi) is 4.72. The Balaban J connectivity index is 1.99. The predicted molar refractivity (Wildman–Crippen MR) is 111 cm³/mol. The molecule has 0 atom stereocenters. The van der Waals surface area contributed by atoms with E-state index in [1.807, 2.05) is 29.0 Å². The van der Waals surface area contributed by atoms with Crippen molar-refractivity contribution >= 4 is 27.2 Å². The Morgan fingerprint density at radius 2 is 1.61 bits per heavy atom. The maximum atomic E-state index is 13.5. The zero-order chi connectivity index (χ0) is 19.9. The van der Waals surface area contributed by atoms with E-state index in [4.69, 9.17) is 4.98 Å². The number of fused-ring (bicyclic) bond motifs is 1. The zero-order valence-electron chi connectivity index (χ0n) is 15.3. The van der Waals surface area contributed by atoms with E-state index in [9.17, 15) is 12.8 Å². The van der Waals surface area contributed by atoms with Gasteiger partial charge in [-0.1, -0.05) is 12.1 Å². The molecule has 0 aliphatic carbocycles. The summed E-state index contributed by atoms with van der Waals surface area (Å²) in [5.41, 5.74) is 3.97. The van der Waals surface area contributed by atoms with Gasteiger partial charge in [-0.25, -0.2) is 17.8 Å². The third-order valence-corrected chi connectivity index (χ3v) is 6.39. The largest absolute Gasteiger partial charge is 0.298 e. The highest BCUT2D eigenvalue weighted by atomic mass is 32.2. The maximum absolute atomic E-state index is 13.5. The van der Waals surface area contributed by atoms with Crippen LogP contribution in [0.5, 0.6) is 0 Å². The van der Waals surface area contributed by atoms with Crippen molar-refractivity contribution in [1.82, 2.24) is 9.38 Å². The molecule has 28 heavy (non-hydrogen) atoms. The lowest BCUT2D eigenvalue weighted by molar-refractivity contribution is 0.602. The first-order chi connectivity index (χ1) is 13.4. The fourth-order valence-corrected chi connectivity index (χ4v) is 4.32. The Hall–Kier alpha value is -2.64. The minimum Gasteiger partial charge on any atom is -0.298 e. The van der Waals surface area contributed by atoms with E-state index in [0.29, 0.717) is 5.69 Å². The second-order valence-electron chi connectivity index (χ2n) is 6.38. The third kappa shape index (κ3) is 3.31. The molecule has 0 unspecified atom stereocenters. The first kappa shape index (κ1) is 18.7. The Morgan fingerprint density at radius 1 is 0.964 bits per heavy atom. The number of thioether (sulfide) groups is 1. The normalized spacial score (nSPS) is 11.8. The van der Waals surface area contributed by atoms with E-state index in [2.05, 4.69) is 0 Å². The zero-order valence-corrected chi connectivity index (χ0v) is 16.9. The summed E-state index contributed by atoms with van der Waals surface area (Å²) in [7, 11) is -3.27. The van der Waals surface area contributed by atoms with Gasteiger partial charge in [0, 0.05) is 23.6 Å². The van der Waals surface area contributed by atoms with E-state index < -0.39 is 9.84 Å². The number of hydrogen-bond donors (Lipinski definition) is 0. The molecule has 0 aliphatic rings. The van der Waals surface area contributed by atoms with E-state index in [1.54, 1.807) is 48.2 Å². The van der Waals surface area contributed by atoms with Crippen molar-refractivity contribution in [3.05, 3.63) is 72.7 Å². The summed E-state index contributed by atoms with van der Waals surface area (Å²) in [5, 5.41) is 0. The summed E-state index contributed by atoms with van der Waals surface area (Å²) in [4.78, 5) is 6.12. The molecule has 4 aromatic rings. The van der Waals surface area contributed by atoms with Crippen LogP contribution in [0.15, 0.2) is 76.7 Å². The van der Waals surface area contributed by atoms with Crippen molar-refractivity contribution in [2.45, 2.75) is 9.79 Å².